The van der Waals surface area contributed by atoms with Gasteiger partial charge in [0.25, 0.3) is 5.91 Å². The maximum atomic E-state index is 14.1. The van der Waals surface area contributed by atoms with Crippen molar-refractivity contribution in [2.45, 2.75) is 6.54 Å². The first-order valence-electron chi connectivity index (χ1n) is 6.45. The lowest BCUT2D eigenvalue weighted by molar-refractivity contribution is 0.100. The van der Waals surface area contributed by atoms with Crippen LogP contribution < -0.4 is 5.73 Å². The number of halogens is 4. The fourth-order valence-corrected chi connectivity index (χ4v) is 2.43. The first-order valence-corrected chi connectivity index (χ1v) is 6.45. The zero-order chi connectivity index (χ0) is 16.7. The summed E-state index contributed by atoms with van der Waals surface area (Å²) in [6, 6.07) is 2.58. The van der Waals surface area contributed by atoms with E-state index in [-0.39, 0.29) is 28.6 Å². The summed E-state index contributed by atoms with van der Waals surface area (Å²) in [6.07, 6.45) is 1.79. The van der Waals surface area contributed by atoms with Crippen LogP contribution in [0.15, 0.2) is 30.6 Å². The van der Waals surface area contributed by atoms with E-state index in [1.165, 1.54) is 0 Å². The normalized spacial score (nSPS) is 11.1. The number of pyridine rings is 1. The SMILES string of the molecule is NC(=O)c1cn(Cc2cc(F)ncc2F)c2c(F)ccc(F)c12. The van der Waals surface area contributed by atoms with Crippen LogP contribution in [0.3, 0.4) is 0 Å². The van der Waals surface area contributed by atoms with Gasteiger partial charge in [-0.15, -0.1) is 0 Å². The Labute approximate surface area is 127 Å². The van der Waals surface area contributed by atoms with Crippen LogP contribution in [0, 0.1) is 23.4 Å². The lowest BCUT2D eigenvalue weighted by Crippen LogP contribution is -2.10. The predicted octanol–water partition coefficient (Wildman–Crippen LogP) is 2.74. The fourth-order valence-electron chi connectivity index (χ4n) is 2.43. The average Bonchev–Trinajstić information content (AvgIpc) is 2.88. The Hall–Kier alpha value is -2.90. The van der Waals surface area contributed by atoms with Crippen molar-refractivity contribution in [2.75, 3.05) is 0 Å². The largest absolute Gasteiger partial charge is 0.366 e. The van der Waals surface area contributed by atoms with Gasteiger partial charge in [-0.1, -0.05) is 0 Å². The third-order valence-electron chi connectivity index (χ3n) is 3.43. The Kier molecular flexibility index (Phi) is 3.51. The number of carbonyl (C=O) groups excluding carboxylic acids is 1. The minimum absolute atomic E-state index is 0.130. The molecular weight excluding hydrogens is 314 g/mol. The van der Waals surface area contributed by atoms with Crippen molar-refractivity contribution >= 4 is 16.8 Å². The first-order chi connectivity index (χ1) is 10.9. The topological polar surface area (TPSA) is 60.9 Å². The number of amides is 1. The van der Waals surface area contributed by atoms with Crippen LogP contribution in [-0.2, 0) is 6.54 Å². The van der Waals surface area contributed by atoms with Crippen LogP contribution in [0.4, 0.5) is 17.6 Å². The van der Waals surface area contributed by atoms with Gasteiger partial charge in [-0.3, -0.25) is 4.79 Å². The molecule has 0 atom stereocenters. The second kappa shape index (κ2) is 5.38. The van der Waals surface area contributed by atoms with Gasteiger partial charge in [-0.2, -0.15) is 4.39 Å². The number of rotatable bonds is 3. The summed E-state index contributed by atoms with van der Waals surface area (Å²) in [7, 11) is 0. The van der Waals surface area contributed by atoms with E-state index in [0.29, 0.717) is 6.20 Å². The molecule has 0 aliphatic heterocycles. The molecule has 8 heteroatoms. The molecule has 0 spiro atoms. The molecule has 0 aliphatic carbocycles. The first kappa shape index (κ1) is 15.0. The van der Waals surface area contributed by atoms with Gasteiger partial charge in [0.15, 0.2) is 0 Å². The summed E-state index contributed by atoms with van der Waals surface area (Å²) in [5.74, 6) is -4.34. The Morgan fingerprint density at radius 2 is 1.83 bits per heavy atom. The number of hydrogen-bond acceptors (Lipinski definition) is 2. The molecule has 3 rings (SSSR count). The van der Waals surface area contributed by atoms with Crippen LogP contribution in [0.1, 0.15) is 15.9 Å². The molecule has 23 heavy (non-hydrogen) atoms. The Balaban J connectivity index is 2.24. The molecule has 0 saturated carbocycles. The number of primary amides is 1. The lowest BCUT2D eigenvalue weighted by Gasteiger charge is -2.07. The molecule has 0 unspecified atom stereocenters. The highest BCUT2D eigenvalue weighted by atomic mass is 19.1. The number of aromatic nitrogens is 2. The maximum absolute atomic E-state index is 14.1. The monoisotopic (exact) mass is 323 g/mol. The molecule has 0 fully saturated rings. The molecular formula is C15H9F4N3O. The quantitative estimate of drug-likeness (QED) is 0.595. The number of carbonyl (C=O) groups is 1. The van der Waals surface area contributed by atoms with Crippen LogP contribution in [0.25, 0.3) is 10.9 Å². The Morgan fingerprint density at radius 3 is 2.52 bits per heavy atom. The van der Waals surface area contributed by atoms with Gasteiger partial charge in [0.1, 0.15) is 17.5 Å². The molecule has 0 radical (unpaired) electrons. The van der Waals surface area contributed by atoms with Crippen molar-refractivity contribution in [3.63, 3.8) is 0 Å². The smallest absolute Gasteiger partial charge is 0.250 e. The molecule has 4 nitrogen and oxygen atoms in total. The van der Waals surface area contributed by atoms with Crippen LogP contribution in [-0.4, -0.2) is 15.5 Å². The molecule has 1 amide bonds. The standard InChI is InChI=1S/C15H9F4N3O/c16-9-1-2-10(17)14-13(9)8(15(20)23)6-22(14)5-7-3-12(19)21-4-11(7)18/h1-4,6H,5H2,(H2,20,23). The number of nitrogens with two attached hydrogens (primary N) is 1. The van der Waals surface area contributed by atoms with Gasteiger partial charge in [0.2, 0.25) is 5.95 Å². The fraction of sp³-hybridized carbons (Fsp3) is 0.0667. The van der Waals surface area contributed by atoms with E-state index in [9.17, 15) is 22.4 Å². The summed E-state index contributed by atoms with van der Waals surface area (Å²) < 4.78 is 56.0. The second-order valence-corrected chi connectivity index (χ2v) is 4.89. The lowest BCUT2D eigenvalue weighted by atomic mass is 10.1. The van der Waals surface area contributed by atoms with E-state index in [1.54, 1.807) is 0 Å². The minimum atomic E-state index is -0.959. The third-order valence-corrected chi connectivity index (χ3v) is 3.43. The van der Waals surface area contributed by atoms with Crippen molar-refractivity contribution in [1.82, 2.24) is 9.55 Å². The summed E-state index contributed by atoms with van der Waals surface area (Å²) >= 11 is 0. The number of hydrogen-bond donors (Lipinski definition) is 1. The van der Waals surface area contributed by atoms with Crippen molar-refractivity contribution < 1.29 is 22.4 Å². The summed E-state index contributed by atoms with van der Waals surface area (Å²) in [4.78, 5) is 14.6. The van der Waals surface area contributed by atoms with Gasteiger partial charge in [-0.25, -0.2) is 18.2 Å². The molecule has 2 heterocycles. The minimum Gasteiger partial charge on any atom is -0.366 e. The molecule has 118 valence electrons. The summed E-state index contributed by atoms with van der Waals surface area (Å²) in [5, 5.41) is -0.299. The van der Waals surface area contributed by atoms with Gasteiger partial charge in [0.05, 0.1) is 29.2 Å². The summed E-state index contributed by atoms with van der Waals surface area (Å²) in [5.41, 5.74) is 4.55. The van der Waals surface area contributed by atoms with Crippen LogP contribution in [0.2, 0.25) is 0 Å². The highest BCUT2D eigenvalue weighted by molar-refractivity contribution is 6.06. The maximum Gasteiger partial charge on any atom is 0.250 e. The van der Waals surface area contributed by atoms with Gasteiger partial charge < -0.3 is 10.3 Å². The second-order valence-electron chi connectivity index (χ2n) is 4.89. The van der Waals surface area contributed by atoms with Crippen molar-refractivity contribution in [2.24, 2.45) is 5.73 Å². The third kappa shape index (κ3) is 2.52. The van der Waals surface area contributed by atoms with Gasteiger partial charge >= 0.3 is 0 Å². The van der Waals surface area contributed by atoms with E-state index in [1.807, 2.05) is 0 Å². The van der Waals surface area contributed by atoms with E-state index in [0.717, 1.165) is 29.0 Å². The van der Waals surface area contributed by atoms with E-state index in [4.69, 9.17) is 5.73 Å². The van der Waals surface area contributed by atoms with Gasteiger partial charge in [-0.05, 0) is 12.1 Å². The molecule has 1 aromatic carbocycles. The average molecular weight is 323 g/mol. The number of fused-ring (bicyclic) bond motifs is 1. The van der Waals surface area contributed by atoms with Crippen LogP contribution in [0.5, 0.6) is 0 Å². The zero-order valence-corrected chi connectivity index (χ0v) is 11.5. The van der Waals surface area contributed by atoms with E-state index in [2.05, 4.69) is 4.98 Å². The van der Waals surface area contributed by atoms with E-state index >= 15 is 0 Å². The van der Waals surface area contributed by atoms with Gasteiger partial charge in [0, 0.05) is 17.8 Å². The highest BCUT2D eigenvalue weighted by Crippen LogP contribution is 2.27. The molecule has 3 aromatic rings. The predicted molar refractivity (Wildman–Crippen MR) is 73.6 cm³/mol. The van der Waals surface area contributed by atoms with E-state index < -0.39 is 29.3 Å². The zero-order valence-electron chi connectivity index (χ0n) is 11.5. The summed E-state index contributed by atoms with van der Waals surface area (Å²) in [6.45, 7) is -0.324. The van der Waals surface area contributed by atoms with Crippen molar-refractivity contribution in [3.05, 3.63) is 65.1 Å². The molecule has 0 bridgehead atoms. The highest BCUT2D eigenvalue weighted by Gasteiger charge is 2.20. The van der Waals surface area contributed by atoms with Crippen molar-refractivity contribution in [1.29, 1.82) is 0 Å². The number of benzene rings is 1. The molecule has 2 aromatic heterocycles. The Morgan fingerprint density at radius 1 is 1.13 bits per heavy atom. The van der Waals surface area contributed by atoms with Crippen molar-refractivity contribution in [3.8, 4) is 0 Å². The molecule has 2 N–H and O–H groups in total. The number of nitrogens with zero attached hydrogens (tertiary/aromatic N) is 2. The molecule has 0 saturated heterocycles. The molecule has 0 aliphatic rings. The van der Waals surface area contributed by atoms with Crippen LogP contribution >= 0.6 is 0 Å². The Bertz CT molecular complexity index is 936.